The summed E-state index contributed by atoms with van der Waals surface area (Å²) in [5, 5.41) is 0. The van der Waals surface area contributed by atoms with Gasteiger partial charge in [0, 0.05) is 38.2 Å². The highest BCUT2D eigenvalue weighted by Crippen LogP contribution is 2.34. The molecule has 7 heteroatoms. The van der Waals surface area contributed by atoms with Gasteiger partial charge in [-0.05, 0) is 36.8 Å². The Hall–Kier alpha value is -2.31. The Kier molecular flexibility index (Phi) is 4.93. The van der Waals surface area contributed by atoms with Crippen LogP contribution in [0.25, 0.3) is 0 Å². The van der Waals surface area contributed by atoms with Crippen LogP contribution in [-0.2, 0) is 19.1 Å². The number of piperidine rings is 1. The Morgan fingerprint density at radius 1 is 1.18 bits per heavy atom. The molecule has 1 saturated heterocycles. The molecule has 1 fully saturated rings. The lowest BCUT2D eigenvalue weighted by Gasteiger charge is -2.29. The van der Waals surface area contributed by atoms with Crippen LogP contribution < -0.4 is 0 Å². The van der Waals surface area contributed by atoms with Gasteiger partial charge in [-0.15, -0.1) is 0 Å². The van der Waals surface area contributed by atoms with Gasteiger partial charge in [0.25, 0.3) is 5.91 Å². The SMILES string of the molecule is CC1CCN(C(=O)c2cn3c(n2)CC[C@H](c2cccc(C(F)(F)F)c2)C3)CC1. The molecule has 0 aliphatic carbocycles. The zero-order valence-electron chi connectivity index (χ0n) is 15.9. The lowest BCUT2D eigenvalue weighted by molar-refractivity contribution is -0.137. The van der Waals surface area contributed by atoms with Gasteiger partial charge in [0.05, 0.1) is 5.56 Å². The highest BCUT2D eigenvalue weighted by Gasteiger charge is 2.32. The fourth-order valence-corrected chi connectivity index (χ4v) is 4.16. The summed E-state index contributed by atoms with van der Waals surface area (Å²) in [6.45, 7) is 4.27. The Morgan fingerprint density at radius 2 is 1.93 bits per heavy atom. The topological polar surface area (TPSA) is 38.1 Å². The minimum Gasteiger partial charge on any atom is -0.337 e. The number of fused-ring (bicyclic) bond motifs is 1. The molecule has 0 bridgehead atoms. The third-order valence-electron chi connectivity index (χ3n) is 5.97. The molecule has 0 saturated carbocycles. The number of halogens is 3. The van der Waals surface area contributed by atoms with Gasteiger partial charge in [-0.2, -0.15) is 13.2 Å². The Morgan fingerprint density at radius 3 is 2.64 bits per heavy atom. The summed E-state index contributed by atoms with van der Waals surface area (Å²) >= 11 is 0. The number of likely N-dealkylation sites (tertiary alicyclic amines) is 1. The van der Waals surface area contributed by atoms with Gasteiger partial charge < -0.3 is 9.47 Å². The minimum absolute atomic E-state index is 0.0113. The lowest BCUT2D eigenvalue weighted by Crippen LogP contribution is -2.38. The second-order valence-corrected chi connectivity index (χ2v) is 8.03. The molecule has 28 heavy (non-hydrogen) atoms. The summed E-state index contributed by atoms with van der Waals surface area (Å²) in [4.78, 5) is 19.1. The van der Waals surface area contributed by atoms with Crippen molar-refractivity contribution in [2.75, 3.05) is 13.1 Å². The lowest BCUT2D eigenvalue weighted by atomic mass is 9.90. The van der Waals surface area contributed by atoms with Gasteiger partial charge in [-0.25, -0.2) is 4.98 Å². The molecule has 3 heterocycles. The van der Waals surface area contributed by atoms with Crippen molar-refractivity contribution in [3.05, 3.63) is 53.1 Å². The Labute approximate surface area is 162 Å². The number of hydrogen-bond donors (Lipinski definition) is 0. The van der Waals surface area contributed by atoms with Crippen molar-refractivity contribution >= 4 is 5.91 Å². The van der Waals surface area contributed by atoms with E-state index in [-0.39, 0.29) is 11.8 Å². The summed E-state index contributed by atoms with van der Waals surface area (Å²) in [6.07, 6.45) is 0.845. The third kappa shape index (κ3) is 3.80. The van der Waals surface area contributed by atoms with E-state index >= 15 is 0 Å². The molecule has 0 spiro atoms. The van der Waals surface area contributed by atoms with Gasteiger partial charge in [-0.1, -0.05) is 25.1 Å². The van der Waals surface area contributed by atoms with Gasteiger partial charge in [0.2, 0.25) is 0 Å². The summed E-state index contributed by atoms with van der Waals surface area (Å²) < 4.78 is 41.0. The molecule has 2 aliphatic rings. The smallest absolute Gasteiger partial charge is 0.337 e. The van der Waals surface area contributed by atoms with Crippen LogP contribution in [0.1, 0.15) is 59.5 Å². The second kappa shape index (κ2) is 7.26. The molecule has 4 nitrogen and oxygen atoms in total. The van der Waals surface area contributed by atoms with E-state index in [4.69, 9.17) is 0 Å². The number of amides is 1. The standard InChI is InChI=1S/C21H24F3N3O/c1-14-7-9-26(10-8-14)20(28)18-13-27-12-16(5-6-19(27)25-18)15-3-2-4-17(11-15)21(22,23)24/h2-4,11,13-14,16H,5-10,12H2,1H3/t16-/m0/s1. The third-order valence-corrected chi connectivity index (χ3v) is 5.97. The van der Waals surface area contributed by atoms with Crippen molar-refractivity contribution in [1.82, 2.24) is 14.5 Å². The number of imidazole rings is 1. The molecule has 1 aromatic carbocycles. The molecule has 2 aliphatic heterocycles. The van der Waals surface area contributed by atoms with E-state index in [0.29, 0.717) is 30.1 Å². The molecule has 0 radical (unpaired) electrons. The molecular weight excluding hydrogens is 367 g/mol. The van der Waals surface area contributed by atoms with Gasteiger partial charge >= 0.3 is 6.18 Å². The molecule has 0 N–H and O–H groups in total. The predicted octanol–water partition coefficient (Wildman–Crippen LogP) is 4.50. The summed E-state index contributed by atoms with van der Waals surface area (Å²) in [5.41, 5.74) is 0.526. The van der Waals surface area contributed by atoms with Crippen LogP contribution in [0, 0.1) is 5.92 Å². The molecule has 2 aromatic rings. The first-order valence-electron chi connectivity index (χ1n) is 9.83. The van der Waals surface area contributed by atoms with E-state index < -0.39 is 11.7 Å². The average Bonchev–Trinajstić information content (AvgIpc) is 3.11. The first-order chi connectivity index (χ1) is 13.3. The maximum Gasteiger partial charge on any atom is 0.416 e. The maximum atomic E-state index is 13.0. The highest BCUT2D eigenvalue weighted by molar-refractivity contribution is 5.92. The summed E-state index contributed by atoms with van der Waals surface area (Å²) in [5.74, 6) is 1.44. The van der Waals surface area contributed by atoms with Crippen molar-refractivity contribution in [2.24, 2.45) is 5.92 Å². The number of carbonyl (C=O) groups excluding carboxylic acids is 1. The van der Waals surface area contributed by atoms with Crippen LogP contribution in [0.3, 0.4) is 0 Å². The fraction of sp³-hybridized carbons (Fsp3) is 0.524. The summed E-state index contributed by atoms with van der Waals surface area (Å²) in [7, 11) is 0. The summed E-state index contributed by atoms with van der Waals surface area (Å²) in [6, 6.07) is 5.56. The number of nitrogens with zero attached hydrogens (tertiary/aromatic N) is 3. The minimum atomic E-state index is -4.34. The molecule has 150 valence electrons. The van der Waals surface area contributed by atoms with Crippen molar-refractivity contribution < 1.29 is 18.0 Å². The number of carbonyl (C=O) groups is 1. The molecule has 1 aromatic heterocycles. The molecule has 4 rings (SSSR count). The number of benzene rings is 1. The van der Waals surface area contributed by atoms with E-state index in [1.54, 1.807) is 12.3 Å². The number of aromatic nitrogens is 2. The highest BCUT2D eigenvalue weighted by atomic mass is 19.4. The van der Waals surface area contributed by atoms with Gasteiger partial charge in [0.15, 0.2) is 0 Å². The molecule has 0 unspecified atom stereocenters. The van der Waals surface area contributed by atoms with E-state index in [2.05, 4.69) is 11.9 Å². The largest absolute Gasteiger partial charge is 0.416 e. The van der Waals surface area contributed by atoms with Crippen molar-refractivity contribution in [3.63, 3.8) is 0 Å². The Bertz CT molecular complexity index is 866. The van der Waals surface area contributed by atoms with Crippen molar-refractivity contribution in [2.45, 2.75) is 51.2 Å². The molecule has 1 atom stereocenters. The predicted molar refractivity (Wildman–Crippen MR) is 99.0 cm³/mol. The number of aryl methyl sites for hydroxylation is 1. The van der Waals surface area contributed by atoms with E-state index in [1.807, 2.05) is 9.47 Å². The second-order valence-electron chi connectivity index (χ2n) is 8.03. The monoisotopic (exact) mass is 391 g/mol. The van der Waals surface area contributed by atoms with Crippen molar-refractivity contribution in [3.8, 4) is 0 Å². The number of rotatable bonds is 2. The fourth-order valence-electron chi connectivity index (χ4n) is 4.16. The number of hydrogen-bond acceptors (Lipinski definition) is 2. The van der Waals surface area contributed by atoms with Gasteiger partial charge in [0.1, 0.15) is 11.5 Å². The van der Waals surface area contributed by atoms with Crippen LogP contribution in [-0.4, -0.2) is 33.4 Å². The zero-order valence-corrected chi connectivity index (χ0v) is 15.9. The number of alkyl halides is 3. The van der Waals surface area contributed by atoms with Crippen LogP contribution in [0.2, 0.25) is 0 Å². The normalized spacial score (nSPS) is 20.9. The van der Waals surface area contributed by atoms with E-state index in [1.165, 1.54) is 12.1 Å². The van der Waals surface area contributed by atoms with Crippen LogP contribution >= 0.6 is 0 Å². The van der Waals surface area contributed by atoms with Crippen LogP contribution in [0.5, 0.6) is 0 Å². The zero-order chi connectivity index (χ0) is 19.9. The average molecular weight is 391 g/mol. The molecule has 1 amide bonds. The van der Waals surface area contributed by atoms with E-state index in [9.17, 15) is 18.0 Å². The first-order valence-corrected chi connectivity index (χ1v) is 9.83. The first kappa shape index (κ1) is 19.0. The van der Waals surface area contributed by atoms with Crippen molar-refractivity contribution in [1.29, 1.82) is 0 Å². The van der Waals surface area contributed by atoms with Crippen LogP contribution in [0.15, 0.2) is 30.5 Å². The maximum absolute atomic E-state index is 13.0. The van der Waals surface area contributed by atoms with Gasteiger partial charge in [-0.3, -0.25) is 4.79 Å². The van der Waals surface area contributed by atoms with E-state index in [0.717, 1.165) is 44.2 Å². The molecular formula is C21H24F3N3O. The van der Waals surface area contributed by atoms with Crippen LogP contribution in [0.4, 0.5) is 13.2 Å². The Balaban J connectivity index is 1.50. The quantitative estimate of drug-likeness (QED) is 0.756.